The SMILES string of the molecule is CC(c1ccccc1)N1CCN(C(=O)NC(CS)Cc2ccccc2)CC1. The van der Waals surface area contributed by atoms with Crippen molar-refractivity contribution in [1.82, 2.24) is 15.1 Å². The Bertz CT molecular complexity index is 702. The maximum atomic E-state index is 12.7. The van der Waals surface area contributed by atoms with E-state index in [1.54, 1.807) is 0 Å². The average molecular weight is 384 g/mol. The van der Waals surface area contributed by atoms with Crippen molar-refractivity contribution in [2.45, 2.75) is 25.4 Å². The number of nitrogens with zero attached hydrogens (tertiary/aromatic N) is 2. The Labute approximate surface area is 168 Å². The number of benzene rings is 2. The molecule has 144 valence electrons. The summed E-state index contributed by atoms with van der Waals surface area (Å²) in [5.41, 5.74) is 2.55. The van der Waals surface area contributed by atoms with E-state index in [0.29, 0.717) is 11.8 Å². The molecule has 2 amide bonds. The van der Waals surface area contributed by atoms with Gasteiger partial charge in [0.1, 0.15) is 0 Å². The highest BCUT2D eigenvalue weighted by atomic mass is 32.1. The standard InChI is InChI=1S/C22H29N3OS/c1-18(20-10-6-3-7-11-20)24-12-14-25(15-13-24)22(26)23-21(17-27)16-19-8-4-2-5-9-19/h2-11,18,21,27H,12-17H2,1H3,(H,23,26). The summed E-state index contributed by atoms with van der Waals surface area (Å²) >= 11 is 4.42. The molecule has 1 aliphatic heterocycles. The summed E-state index contributed by atoms with van der Waals surface area (Å²) in [6.45, 7) is 5.55. The van der Waals surface area contributed by atoms with Crippen molar-refractivity contribution in [3.05, 3.63) is 71.8 Å². The van der Waals surface area contributed by atoms with Crippen LogP contribution < -0.4 is 5.32 Å². The maximum absolute atomic E-state index is 12.7. The fraction of sp³-hybridized carbons (Fsp3) is 0.409. The molecule has 27 heavy (non-hydrogen) atoms. The molecule has 1 heterocycles. The summed E-state index contributed by atoms with van der Waals surface area (Å²) in [5, 5.41) is 3.15. The van der Waals surface area contributed by atoms with Crippen LogP contribution in [0.1, 0.15) is 24.1 Å². The van der Waals surface area contributed by atoms with Gasteiger partial charge in [-0.15, -0.1) is 0 Å². The Balaban J connectivity index is 1.49. The van der Waals surface area contributed by atoms with Gasteiger partial charge in [-0.3, -0.25) is 4.90 Å². The number of urea groups is 1. The predicted octanol–water partition coefficient (Wildman–Crippen LogP) is 3.62. The normalized spacial score (nSPS) is 17.3. The van der Waals surface area contributed by atoms with Crippen LogP contribution in [0.4, 0.5) is 4.79 Å². The van der Waals surface area contributed by atoms with Crippen LogP contribution >= 0.6 is 12.6 Å². The molecule has 1 aliphatic rings. The van der Waals surface area contributed by atoms with Gasteiger partial charge in [-0.1, -0.05) is 60.7 Å². The molecule has 1 saturated heterocycles. The molecule has 1 fully saturated rings. The van der Waals surface area contributed by atoms with E-state index >= 15 is 0 Å². The minimum atomic E-state index is 0.0250. The minimum absolute atomic E-state index is 0.0250. The van der Waals surface area contributed by atoms with Crippen molar-refractivity contribution in [2.75, 3.05) is 31.9 Å². The van der Waals surface area contributed by atoms with Gasteiger partial charge in [0.05, 0.1) is 0 Å². The van der Waals surface area contributed by atoms with Crippen LogP contribution in [0.25, 0.3) is 0 Å². The van der Waals surface area contributed by atoms with Gasteiger partial charge in [0.25, 0.3) is 0 Å². The molecule has 3 rings (SSSR count). The van der Waals surface area contributed by atoms with E-state index < -0.39 is 0 Å². The van der Waals surface area contributed by atoms with Gasteiger partial charge in [-0.2, -0.15) is 12.6 Å². The van der Waals surface area contributed by atoms with E-state index in [9.17, 15) is 4.79 Å². The number of thiol groups is 1. The van der Waals surface area contributed by atoms with Crippen LogP contribution in [-0.4, -0.2) is 53.8 Å². The van der Waals surface area contributed by atoms with Gasteiger partial charge in [0.15, 0.2) is 0 Å². The van der Waals surface area contributed by atoms with Crippen molar-refractivity contribution in [1.29, 1.82) is 0 Å². The quantitative estimate of drug-likeness (QED) is 0.748. The largest absolute Gasteiger partial charge is 0.334 e. The number of carbonyl (C=O) groups excluding carboxylic acids is 1. The second kappa shape index (κ2) is 9.81. The van der Waals surface area contributed by atoms with Crippen molar-refractivity contribution in [2.24, 2.45) is 0 Å². The third kappa shape index (κ3) is 5.50. The van der Waals surface area contributed by atoms with Crippen LogP contribution in [0.5, 0.6) is 0 Å². The highest BCUT2D eigenvalue weighted by Crippen LogP contribution is 2.21. The van der Waals surface area contributed by atoms with E-state index in [2.05, 4.69) is 66.2 Å². The Hall–Kier alpha value is -1.98. The number of piperazine rings is 1. The van der Waals surface area contributed by atoms with Gasteiger partial charge in [0.2, 0.25) is 0 Å². The van der Waals surface area contributed by atoms with Crippen molar-refractivity contribution in [3.8, 4) is 0 Å². The lowest BCUT2D eigenvalue weighted by Gasteiger charge is -2.38. The summed E-state index contributed by atoms with van der Waals surface area (Å²) in [6, 6.07) is 21.2. The summed E-state index contributed by atoms with van der Waals surface area (Å²) in [7, 11) is 0. The molecule has 0 radical (unpaired) electrons. The molecule has 2 unspecified atom stereocenters. The number of amides is 2. The van der Waals surface area contributed by atoms with Crippen molar-refractivity contribution >= 4 is 18.7 Å². The first kappa shape index (κ1) is 19.8. The molecule has 0 bridgehead atoms. The summed E-state index contributed by atoms with van der Waals surface area (Å²) < 4.78 is 0. The Morgan fingerprint density at radius 1 is 1.00 bits per heavy atom. The second-order valence-electron chi connectivity index (χ2n) is 7.13. The molecule has 2 aromatic rings. The van der Waals surface area contributed by atoms with Crippen LogP contribution in [-0.2, 0) is 6.42 Å². The van der Waals surface area contributed by atoms with Crippen LogP contribution in [0.15, 0.2) is 60.7 Å². The monoisotopic (exact) mass is 383 g/mol. The summed E-state index contributed by atoms with van der Waals surface area (Å²) in [5.74, 6) is 0.631. The highest BCUT2D eigenvalue weighted by Gasteiger charge is 2.25. The Kier molecular flexibility index (Phi) is 7.18. The molecule has 4 nitrogen and oxygen atoms in total. The van der Waals surface area contributed by atoms with Gasteiger partial charge in [0, 0.05) is 44.0 Å². The van der Waals surface area contributed by atoms with Gasteiger partial charge in [-0.25, -0.2) is 4.79 Å². The Morgan fingerprint density at radius 3 is 2.19 bits per heavy atom. The zero-order valence-electron chi connectivity index (χ0n) is 15.9. The van der Waals surface area contributed by atoms with Crippen molar-refractivity contribution < 1.29 is 4.79 Å². The lowest BCUT2D eigenvalue weighted by molar-refractivity contribution is 0.113. The zero-order valence-corrected chi connectivity index (χ0v) is 16.8. The molecular formula is C22H29N3OS. The van der Waals surface area contributed by atoms with Crippen molar-refractivity contribution in [3.63, 3.8) is 0 Å². The molecule has 0 aromatic heterocycles. The number of hydrogen-bond acceptors (Lipinski definition) is 3. The molecule has 0 spiro atoms. The third-order valence-electron chi connectivity index (χ3n) is 5.30. The summed E-state index contributed by atoms with van der Waals surface area (Å²) in [6.07, 6.45) is 0.807. The highest BCUT2D eigenvalue weighted by molar-refractivity contribution is 7.80. The first-order chi connectivity index (χ1) is 13.2. The molecule has 2 atom stereocenters. The first-order valence-corrected chi connectivity index (χ1v) is 10.3. The smallest absolute Gasteiger partial charge is 0.317 e. The molecule has 5 heteroatoms. The van der Waals surface area contributed by atoms with E-state index in [1.807, 2.05) is 29.2 Å². The zero-order chi connectivity index (χ0) is 19.1. The van der Waals surface area contributed by atoms with Gasteiger partial charge >= 0.3 is 6.03 Å². The fourth-order valence-corrected chi connectivity index (χ4v) is 3.80. The van der Waals surface area contributed by atoms with E-state index in [0.717, 1.165) is 32.6 Å². The van der Waals surface area contributed by atoms with Crippen LogP contribution in [0, 0.1) is 0 Å². The number of nitrogens with one attached hydrogen (secondary N) is 1. The van der Waals surface area contributed by atoms with E-state index in [-0.39, 0.29) is 12.1 Å². The second-order valence-corrected chi connectivity index (χ2v) is 7.49. The number of carbonyl (C=O) groups is 1. The van der Waals surface area contributed by atoms with Gasteiger partial charge < -0.3 is 10.2 Å². The average Bonchev–Trinajstić information content (AvgIpc) is 2.74. The number of hydrogen-bond donors (Lipinski definition) is 2. The van der Waals surface area contributed by atoms with Crippen LogP contribution in [0.3, 0.4) is 0 Å². The predicted molar refractivity (Wildman–Crippen MR) is 114 cm³/mol. The Morgan fingerprint density at radius 2 is 1.59 bits per heavy atom. The van der Waals surface area contributed by atoms with E-state index in [4.69, 9.17) is 0 Å². The van der Waals surface area contributed by atoms with E-state index in [1.165, 1.54) is 11.1 Å². The summed E-state index contributed by atoms with van der Waals surface area (Å²) in [4.78, 5) is 17.0. The first-order valence-electron chi connectivity index (χ1n) is 9.66. The molecule has 2 aromatic carbocycles. The minimum Gasteiger partial charge on any atom is -0.334 e. The molecule has 0 saturated carbocycles. The molecular weight excluding hydrogens is 354 g/mol. The lowest BCUT2D eigenvalue weighted by Crippen LogP contribution is -2.54. The maximum Gasteiger partial charge on any atom is 0.317 e. The lowest BCUT2D eigenvalue weighted by atomic mass is 10.1. The third-order valence-corrected chi connectivity index (χ3v) is 5.74. The van der Waals surface area contributed by atoms with Gasteiger partial charge in [-0.05, 0) is 24.5 Å². The van der Waals surface area contributed by atoms with Crippen LogP contribution in [0.2, 0.25) is 0 Å². The number of rotatable bonds is 6. The fourth-order valence-electron chi connectivity index (χ4n) is 3.58. The molecule has 1 N–H and O–H groups in total. The topological polar surface area (TPSA) is 35.6 Å². The molecule has 0 aliphatic carbocycles.